The van der Waals surface area contributed by atoms with Gasteiger partial charge < -0.3 is 5.11 Å². The summed E-state index contributed by atoms with van der Waals surface area (Å²) in [6, 6.07) is 7.62. The van der Waals surface area contributed by atoms with Crippen molar-refractivity contribution >= 4 is 29.2 Å². The number of hydrogen-bond donors (Lipinski definition) is 1. The number of carbonyl (C=O) groups is 1. The van der Waals surface area contributed by atoms with Crippen molar-refractivity contribution in [3.05, 3.63) is 63.5 Å². The Balaban J connectivity index is 2.36. The molecule has 10 heteroatoms. The first-order valence-corrected chi connectivity index (χ1v) is 8.39. The Morgan fingerprint density at radius 3 is 2.32 bits per heavy atom. The second-order valence-corrected chi connectivity index (χ2v) is 6.63. The lowest BCUT2D eigenvalue weighted by Crippen LogP contribution is -2.12. The van der Waals surface area contributed by atoms with Crippen LogP contribution in [0.3, 0.4) is 0 Å². The van der Waals surface area contributed by atoms with E-state index in [1.165, 1.54) is 31.3 Å². The van der Waals surface area contributed by atoms with Gasteiger partial charge in [0.15, 0.2) is 5.69 Å². The van der Waals surface area contributed by atoms with Crippen molar-refractivity contribution in [2.45, 2.75) is 6.18 Å². The maximum Gasteiger partial charge on any atom is 0.436 e. The van der Waals surface area contributed by atoms with E-state index >= 15 is 0 Å². The van der Waals surface area contributed by atoms with Crippen molar-refractivity contribution in [1.82, 2.24) is 9.78 Å². The van der Waals surface area contributed by atoms with Crippen molar-refractivity contribution in [2.75, 3.05) is 0 Å². The molecule has 0 aliphatic heterocycles. The summed E-state index contributed by atoms with van der Waals surface area (Å²) in [5.41, 5.74) is -2.36. The number of benzene rings is 2. The van der Waals surface area contributed by atoms with E-state index in [1.54, 1.807) is 0 Å². The highest BCUT2D eigenvalue weighted by Gasteiger charge is 2.41. The molecule has 3 rings (SSSR count). The maximum atomic E-state index is 13.9. The van der Waals surface area contributed by atoms with Crippen LogP contribution in [0.5, 0.6) is 0 Å². The second-order valence-electron chi connectivity index (χ2n) is 5.82. The van der Waals surface area contributed by atoms with Crippen LogP contribution in [0.15, 0.2) is 36.4 Å². The Morgan fingerprint density at radius 2 is 1.75 bits per heavy atom. The van der Waals surface area contributed by atoms with Crippen LogP contribution in [0.1, 0.15) is 16.1 Å². The molecular formula is C18H10Cl2F4N2O2. The first-order chi connectivity index (χ1) is 13.0. The number of alkyl halides is 3. The number of aromatic nitrogens is 2. The smallest absolute Gasteiger partial charge is 0.436 e. The second kappa shape index (κ2) is 7.10. The van der Waals surface area contributed by atoms with Gasteiger partial charge in [-0.05, 0) is 41.5 Å². The molecule has 1 heterocycles. The zero-order valence-electron chi connectivity index (χ0n) is 14.0. The largest absolute Gasteiger partial charge is 0.478 e. The molecule has 0 spiro atoms. The lowest BCUT2D eigenvalue weighted by atomic mass is 9.95. The van der Waals surface area contributed by atoms with E-state index < -0.39 is 29.2 Å². The summed E-state index contributed by atoms with van der Waals surface area (Å²) < 4.78 is 54.5. The first-order valence-electron chi connectivity index (χ1n) is 7.63. The lowest BCUT2D eigenvalue weighted by Gasteiger charge is -2.13. The van der Waals surface area contributed by atoms with Gasteiger partial charge in [-0.1, -0.05) is 29.3 Å². The number of carboxylic acids is 1. The molecule has 4 nitrogen and oxygen atoms in total. The van der Waals surface area contributed by atoms with Gasteiger partial charge in [-0.3, -0.25) is 4.68 Å². The fourth-order valence-electron chi connectivity index (χ4n) is 2.86. The third-order valence-corrected chi connectivity index (χ3v) is 4.74. The lowest BCUT2D eigenvalue weighted by molar-refractivity contribution is -0.141. The van der Waals surface area contributed by atoms with E-state index in [1.807, 2.05) is 0 Å². The quantitative estimate of drug-likeness (QED) is 0.522. The molecule has 0 amide bonds. The molecule has 0 saturated heterocycles. The van der Waals surface area contributed by atoms with Crippen molar-refractivity contribution in [2.24, 2.45) is 7.05 Å². The minimum absolute atomic E-state index is 0.0442. The number of carboxylic acid groups (broad SMARTS) is 1. The predicted molar refractivity (Wildman–Crippen MR) is 96.0 cm³/mol. The van der Waals surface area contributed by atoms with E-state index in [4.69, 9.17) is 23.2 Å². The molecule has 1 N–H and O–H groups in total. The van der Waals surface area contributed by atoms with Gasteiger partial charge in [-0.15, -0.1) is 0 Å². The zero-order valence-corrected chi connectivity index (χ0v) is 15.5. The van der Waals surface area contributed by atoms with Crippen molar-refractivity contribution < 1.29 is 27.5 Å². The molecule has 146 valence electrons. The highest BCUT2D eigenvalue weighted by atomic mass is 35.5. The number of nitrogens with zero attached hydrogens (tertiary/aromatic N) is 2. The average Bonchev–Trinajstić information content (AvgIpc) is 2.95. The third-order valence-electron chi connectivity index (χ3n) is 4.00. The van der Waals surface area contributed by atoms with Gasteiger partial charge in [0, 0.05) is 12.6 Å². The van der Waals surface area contributed by atoms with Gasteiger partial charge in [-0.2, -0.15) is 18.3 Å². The summed E-state index contributed by atoms with van der Waals surface area (Å²) in [7, 11) is 1.18. The minimum Gasteiger partial charge on any atom is -0.478 e. The van der Waals surface area contributed by atoms with Gasteiger partial charge in [0.25, 0.3) is 0 Å². The summed E-state index contributed by atoms with van der Waals surface area (Å²) in [6.45, 7) is 0. The molecule has 0 radical (unpaired) electrons. The molecule has 1 aromatic heterocycles. The molecule has 3 aromatic rings. The monoisotopic (exact) mass is 432 g/mol. The molecule has 0 fully saturated rings. The highest BCUT2D eigenvalue weighted by Crippen LogP contribution is 2.40. The first kappa shape index (κ1) is 20.2. The van der Waals surface area contributed by atoms with Crippen LogP contribution in [-0.4, -0.2) is 20.9 Å². The van der Waals surface area contributed by atoms with Gasteiger partial charge in [0.2, 0.25) is 0 Å². The SMILES string of the molecule is Cn1nc(C(F)(F)F)c(C(=O)O)c1-c1ccc(F)cc1-c1ccc(Cl)c(Cl)c1. The number of aryl methyl sites for hydroxylation is 1. The third kappa shape index (κ3) is 3.57. The highest BCUT2D eigenvalue weighted by molar-refractivity contribution is 6.42. The van der Waals surface area contributed by atoms with Crippen LogP contribution < -0.4 is 0 Å². The number of halogens is 6. The van der Waals surface area contributed by atoms with Gasteiger partial charge >= 0.3 is 12.1 Å². The standard InChI is InChI=1S/C18H10Cl2F4N2O2/c1-26-15(14(17(27)28)16(25-26)18(22,23)24)10-4-3-9(21)7-11(10)8-2-5-12(19)13(20)6-8/h2-7H,1H3,(H,27,28). The van der Waals surface area contributed by atoms with E-state index in [0.717, 1.165) is 16.8 Å². The van der Waals surface area contributed by atoms with E-state index in [2.05, 4.69) is 5.10 Å². The van der Waals surface area contributed by atoms with Crippen LogP contribution in [0.2, 0.25) is 10.0 Å². The average molecular weight is 433 g/mol. The Labute approximate surface area is 165 Å². The summed E-state index contributed by atoms with van der Waals surface area (Å²) >= 11 is 11.9. The van der Waals surface area contributed by atoms with Gasteiger partial charge in [0.1, 0.15) is 11.4 Å². The van der Waals surface area contributed by atoms with E-state index in [9.17, 15) is 27.5 Å². The van der Waals surface area contributed by atoms with E-state index in [-0.39, 0.29) is 26.9 Å². The Hall–Kier alpha value is -2.58. The van der Waals surface area contributed by atoms with Gasteiger partial charge in [-0.25, -0.2) is 9.18 Å². The number of rotatable bonds is 3. The van der Waals surface area contributed by atoms with Crippen molar-refractivity contribution in [3.63, 3.8) is 0 Å². The zero-order chi connectivity index (χ0) is 20.8. The summed E-state index contributed by atoms with van der Waals surface area (Å²) in [5.74, 6) is -2.47. The number of aromatic carboxylic acids is 1. The topological polar surface area (TPSA) is 55.1 Å². The Morgan fingerprint density at radius 1 is 1.07 bits per heavy atom. The summed E-state index contributed by atoms with van der Waals surface area (Å²) in [4.78, 5) is 11.6. The Kier molecular flexibility index (Phi) is 5.12. The Bertz CT molecular complexity index is 1090. The fraction of sp³-hybridized carbons (Fsp3) is 0.111. The van der Waals surface area contributed by atoms with E-state index in [0.29, 0.717) is 5.56 Å². The van der Waals surface area contributed by atoms with Crippen LogP contribution in [0.25, 0.3) is 22.4 Å². The minimum atomic E-state index is -4.98. The van der Waals surface area contributed by atoms with Crippen LogP contribution >= 0.6 is 23.2 Å². The molecule has 0 bridgehead atoms. The normalized spacial score (nSPS) is 11.7. The van der Waals surface area contributed by atoms with Crippen molar-refractivity contribution in [3.8, 4) is 22.4 Å². The van der Waals surface area contributed by atoms with Gasteiger partial charge in [0.05, 0.1) is 15.7 Å². The maximum absolute atomic E-state index is 13.9. The van der Waals surface area contributed by atoms with Crippen LogP contribution in [-0.2, 0) is 13.2 Å². The molecule has 2 aromatic carbocycles. The summed E-state index contributed by atoms with van der Waals surface area (Å²) in [6.07, 6.45) is -4.98. The molecule has 0 aliphatic carbocycles. The molecule has 0 aliphatic rings. The number of hydrogen-bond acceptors (Lipinski definition) is 2. The molecular weight excluding hydrogens is 423 g/mol. The molecule has 28 heavy (non-hydrogen) atoms. The predicted octanol–water partition coefficient (Wildman–Crippen LogP) is 5.92. The molecule has 0 atom stereocenters. The van der Waals surface area contributed by atoms with Crippen LogP contribution in [0.4, 0.5) is 17.6 Å². The molecule has 0 saturated carbocycles. The fourth-order valence-corrected chi connectivity index (χ4v) is 3.16. The molecule has 0 unspecified atom stereocenters. The van der Waals surface area contributed by atoms with Crippen molar-refractivity contribution in [1.29, 1.82) is 0 Å². The van der Waals surface area contributed by atoms with Crippen LogP contribution in [0, 0.1) is 5.82 Å². The summed E-state index contributed by atoms with van der Waals surface area (Å²) in [5, 5.41) is 13.1.